The van der Waals surface area contributed by atoms with Gasteiger partial charge >= 0.3 is 0 Å². The highest BCUT2D eigenvalue weighted by Crippen LogP contribution is 2.19. The summed E-state index contributed by atoms with van der Waals surface area (Å²) in [6, 6.07) is 1.73. The molecule has 1 atom stereocenters. The largest absolute Gasteiger partial charge is 0.489 e. The predicted molar refractivity (Wildman–Crippen MR) is 71.4 cm³/mol. The van der Waals surface area contributed by atoms with E-state index in [4.69, 9.17) is 9.47 Å². The van der Waals surface area contributed by atoms with E-state index in [0.717, 1.165) is 5.75 Å². The molecular weight excluding hydrogens is 250 g/mol. The smallest absolute Gasteiger partial charge is 0.194 e. The molecule has 98 valence electrons. The monoisotopic (exact) mass is 267 g/mol. The molecule has 0 amide bonds. The van der Waals surface area contributed by atoms with Crippen molar-refractivity contribution in [2.75, 3.05) is 18.1 Å². The summed E-state index contributed by atoms with van der Waals surface area (Å²) in [6.45, 7) is 4.52. The van der Waals surface area contributed by atoms with E-state index in [1.807, 2.05) is 13.8 Å². The minimum Gasteiger partial charge on any atom is -0.489 e. The average Bonchev–Trinajstić information content (AvgIpc) is 2.38. The third-order valence-electron chi connectivity index (χ3n) is 2.48. The van der Waals surface area contributed by atoms with Crippen molar-refractivity contribution in [3.8, 4) is 5.75 Å². The van der Waals surface area contributed by atoms with Crippen LogP contribution in [0, 0.1) is 0 Å². The first-order valence-corrected chi connectivity index (χ1v) is 7.17. The Hall–Kier alpha value is -1.07. The number of thioether (sulfide) groups is 1. The Morgan fingerprint density at radius 1 is 1.56 bits per heavy atom. The van der Waals surface area contributed by atoms with Crippen molar-refractivity contribution in [1.29, 1.82) is 0 Å². The second kappa shape index (κ2) is 6.20. The fourth-order valence-corrected chi connectivity index (χ4v) is 2.56. The molecule has 18 heavy (non-hydrogen) atoms. The van der Waals surface area contributed by atoms with Crippen LogP contribution < -0.4 is 4.74 Å². The van der Waals surface area contributed by atoms with Crippen LogP contribution in [0.5, 0.6) is 5.75 Å². The van der Waals surface area contributed by atoms with Gasteiger partial charge in [-0.1, -0.05) is 0 Å². The molecule has 4 nitrogen and oxygen atoms in total. The molecule has 0 N–H and O–H groups in total. The highest BCUT2D eigenvalue weighted by molar-refractivity contribution is 7.99. The maximum absolute atomic E-state index is 12.2. The van der Waals surface area contributed by atoms with Gasteiger partial charge in [0.15, 0.2) is 5.78 Å². The number of aromatic nitrogens is 1. The van der Waals surface area contributed by atoms with Crippen molar-refractivity contribution >= 4 is 17.5 Å². The Balaban J connectivity index is 2.09. The van der Waals surface area contributed by atoms with Crippen LogP contribution in [0.25, 0.3) is 0 Å². The van der Waals surface area contributed by atoms with Gasteiger partial charge in [-0.2, -0.15) is 11.8 Å². The van der Waals surface area contributed by atoms with Crippen LogP contribution in [0.2, 0.25) is 0 Å². The molecule has 5 heteroatoms. The molecule has 1 unspecified atom stereocenters. The van der Waals surface area contributed by atoms with E-state index < -0.39 is 0 Å². The fourth-order valence-electron chi connectivity index (χ4n) is 1.72. The van der Waals surface area contributed by atoms with E-state index in [1.54, 1.807) is 30.2 Å². The van der Waals surface area contributed by atoms with Gasteiger partial charge in [-0.15, -0.1) is 0 Å². The number of nitrogens with zero attached hydrogens (tertiary/aromatic N) is 1. The summed E-state index contributed by atoms with van der Waals surface area (Å²) < 4.78 is 11.0. The van der Waals surface area contributed by atoms with Crippen LogP contribution in [-0.4, -0.2) is 41.1 Å². The molecule has 1 aromatic rings. The lowest BCUT2D eigenvalue weighted by atomic mass is 10.1. The van der Waals surface area contributed by atoms with Crippen LogP contribution in [-0.2, 0) is 4.74 Å². The Bertz CT molecular complexity index is 416. The average molecular weight is 267 g/mol. The molecule has 1 aliphatic rings. The lowest BCUT2D eigenvalue weighted by Gasteiger charge is -2.21. The zero-order valence-corrected chi connectivity index (χ0v) is 11.4. The molecule has 0 bridgehead atoms. The van der Waals surface area contributed by atoms with Crippen molar-refractivity contribution in [3.63, 3.8) is 0 Å². The molecule has 1 aliphatic heterocycles. The van der Waals surface area contributed by atoms with E-state index in [1.165, 1.54) is 0 Å². The summed E-state index contributed by atoms with van der Waals surface area (Å²) in [5, 5.41) is 0. The van der Waals surface area contributed by atoms with E-state index in [0.29, 0.717) is 23.7 Å². The van der Waals surface area contributed by atoms with Crippen LogP contribution >= 0.6 is 11.8 Å². The third-order valence-corrected chi connectivity index (χ3v) is 3.47. The summed E-state index contributed by atoms with van der Waals surface area (Å²) in [6.07, 6.45) is 2.91. The van der Waals surface area contributed by atoms with Gasteiger partial charge in [0.05, 0.1) is 18.9 Å². The molecule has 0 aromatic carbocycles. The van der Waals surface area contributed by atoms with Crippen LogP contribution in [0.3, 0.4) is 0 Å². The molecule has 0 aliphatic carbocycles. The number of Topliss-reactive ketones (excluding diaryl/α,β-unsaturated/α-hetero) is 1. The van der Waals surface area contributed by atoms with Crippen molar-refractivity contribution in [2.24, 2.45) is 0 Å². The molecule has 0 spiro atoms. The summed E-state index contributed by atoms with van der Waals surface area (Å²) in [5.74, 6) is 2.29. The maximum atomic E-state index is 12.2. The number of carbonyl (C=O) groups excluding carboxylic acids is 1. The number of ketones is 1. The fraction of sp³-hybridized carbons (Fsp3) is 0.538. The normalized spacial score (nSPS) is 19.8. The minimum atomic E-state index is -0.347. The summed E-state index contributed by atoms with van der Waals surface area (Å²) in [5.41, 5.74) is 0.556. The predicted octanol–water partition coefficient (Wildman–Crippen LogP) is 2.18. The number of carbonyl (C=O) groups is 1. The van der Waals surface area contributed by atoms with Gasteiger partial charge in [-0.25, -0.2) is 0 Å². The molecule has 1 fully saturated rings. The van der Waals surface area contributed by atoms with E-state index in [9.17, 15) is 4.79 Å². The van der Waals surface area contributed by atoms with Crippen molar-refractivity contribution < 1.29 is 14.3 Å². The first-order valence-electron chi connectivity index (χ1n) is 6.02. The van der Waals surface area contributed by atoms with Crippen LogP contribution in [0.15, 0.2) is 18.5 Å². The number of hydrogen-bond acceptors (Lipinski definition) is 5. The molecule has 0 saturated carbocycles. The summed E-state index contributed by atoms with van der Waals surface area (Å²) in [7, 11) is 0. The van der Waals surface area contributed by atoms with E-state index in [2.05, 4.69) is 4.98 Å². The molecule has 1 saturated heterocycles. The molecular formula is C13H17NO3S. The zero-order chi connectivity index (χ0) is 13.0. The third kappa shape index (κ3) is 3.46. The van der Waals surface area contributed by atoms with Crippen LogP contribution in [0.4, 0.5) is 0 Å². The Morgan fingerprint density at radius 2 is 2.39 bits per heavy atom. The Kier molecular flexibility index (Phi) is 4.60. The quantitative estimate of drug-likeness (QED) is 0.783. The number of ether oxygens (including phenoxy) is 2. The standard InChI is InChI=1S/C13H17NO3S/c1-9(2)17-11-5-10(6-14-7-11)13(15)12-8-18-4-3-16-12/h5-7,9,12H,3-4,8H2,1-2H3. The Labute approximate surface area is 111 Å². The van der Waals surface area contributed by atoms with Crippen molar-refractivity contribution in [3.05, 3.63) is 24.0 Å². The van der Waals surface area contributed by atoms with Gasteiger partial charge in [0, 0.05) is 23.3 Å². The molecule has 2 heterocycles. The maximum Gasteiger partial charge on any atom is 0.194 e. The Morgan fingerprint density at radius 3 is 3.06 bits per heavy atom. The van der Waals surface area contributed by atoms with Gasteiger partial charge in [-0.05, 0) is 19.9 Å². The summed E-state index contributed by atoms with van der Waals surface area (Å²) >= 11 is 1.74. The lowest BCUT2D eigenvalue weighted by Crippen LogP contribution is -2.31. The second-order valence-corrected chi connectivity index (χ2v) is 5.52. The van der Waals surface area contributed by atoms with Gasteiger partial charge < -0.3 is 9.47 Å². The number of rotatable bonds is 4. The van der Waals surface area contributed by atoms with Gasteiger partial charge in [0.25, 0.3) is 0 Å². The SMILES string of the molecule is CC(C)Oc1cncc(C(=O)C2CSCCO2)c1. The van der Waals surface area contributed by atoms with Gasteiger partial charge in [0.1, 0.15) is 11.9 Å². The topological polar surface area (TPSA) is 48.4 Å². The number of hydrogen-bond donors (Lipinski definition) is 0. The highest BCUT2D eigenvalue weighted by Gasteiger charge is 2.24. The molecule has 1 aromatic heterocycles. The molecule has 0 radical (unpaired) electrons. The first-order chi connectivity index (χ1) is 8.66. The van der Waals surface area contributed by atoms with Gasteiger partial charge in [0.2, 0.25) is 0 Å². The minimum absolute atomic E-state index is 0.0103. The summed E-state index contributed by atoms with van der Waals surface area (Å²) in [4.78, 5) is 16.2. The van der Waals surface area contributed by atoms with E-state index >= 15 is 0 Å². The number of pyridine rings is 1. The van der Waals surface area contributed by atoms with Crippen molar-refractivity contribution in [2.45, 2.75) is 26.1 Å². The van der Waals surface area contributed by atoms with Crippen molar-refractivity contribution in [1.82, 2.24) is 4.98 Å². The van der Waals surface area contributed by atoms with Crippen LogP contribution in [0.1, 0.15) is 24.2 Å². The highest BCUT2D eigenvalue weighted by atomic mass is 32.2. The molecule has 2 rings (SSSR count). The van der Waals surface area contributed by atoms with Gasteiger partial charge in [-0.3, -0.25) is 9.78 Å². The van der Waals surface area contributed by atoms with E-state index in [-0.39, 0.29) is 18.0 Å². The zero-order valence-electron chi connectivity index (χ0n) is 10.6. The lowest BCUT2D eigenvalue weighted by molar-refractivity contribution is 0.0518. The first kappa shape index (κ1) is 13.4. The second-order valence-electron chi connectivity index (χ2n) is 4.37.